The molecular formula is C18H40N2. The highest BCUT2D eigenvalue weighted by Crippen LogP contribution is 2.22. The van der Waals surface area contributed by atoms with Gasteiger partial charge in [-0.2, -0.15) is 0 Å². The van der Waals surface area contributed by atoms with Crippen molar-refractivity contribution in [1.29, 1.82) is 0 Å². The smallest absolute Gasteiger partial charge is 0.0363 e. The summed E-state index contributed by atoms with van der Waals surface area (Å²) in [5, 5.41) is 0. The van der Waals surface area contributed by atoms with E-state index in [-0.39, 0.29) is 0 Å². The van der Waals surface area contributed by atoms with Crippen LogP contribution in [0.3, 0.4) is 0 Å². The van der Waals surface area contributed by atoms with E-state index in [9.17, 15) is 0 Å². The van der Waals surface area contributed by atoms with Crippen LogP contribution in [0.4, 0.5) is 0 Å². The molecule has 0 rings (SSSR count). The lowest BCUT2D eigenvalue weighted by molar-refractivity contribution is 0.452. The van der Waals surface area contributed by atoms with Gasteiger partial charge in [0.1, 0.15) is 0 Å². The highest BCUT2D eigenvalue weighted by Gasteiger charge is 2.09. The van der Waals surface area contributed by atoms with Crippen LogP contribution in [0, 0.1) is 5.92 Å². The third kappa shape index (κ3) is 12.0. The lowest BCUT2D eigenvalue weighted by atomic mass is 9.97. The Balaban J connectivity index is -0.000000187. The van der Waals surface area contributed by atoms with Crippen molar-refractivity contribution in [1.82, 2.24) is 4.90 Å². The molecule has 0 saturated carbocycles. The summed E-state index contributed by atoms with van der Waals surface area (Å²) in [5.74, 6) is 0.546. The Morgan fingerprint density at radius 3 is 1.70 bits per heavy atom. The Labute approximate surface area is 129 Å². The molecule has 0 bridgehead atoms. The number of nitrogens with two attached hydrogens (primary N) is 1. The van der Waals surface area contributed by atoms with Gasteiger partial charge in [0, 0.05) is 19.3 Å². The molecule has 0 atom stereocenters. The van der Waals surface area contributed by atoms with Gasteiger partial charge in [-0.1, -0.05) is 66.3 Å². The van der Waals surface area contributed by atoms with Gasteiger partial charge in [0.25, 0.3) is 0 Å². The first-order valence-electron chi connectivity index (χ1n) is 7.77. The van der Waals surface area contributed by atoms with Crippen LogP contribution in [-0.4, -0.2) is 25.5 Å². The van der Waals surface area contributed by atoms with Crippen LogP contribution < -0.4 is 5.73 Å². The van der Waals surface area contributed by atoms with E-state index in [0.29, 0.717) is 5.92 Å². The molecule has 122 valence electrons. The number of allylic oxidation sites excluding steroid dienone is 2. The number of likely N-dealkylation sites (N-methyl/N-ethyl adjacent to an activating group) is 1. The summed E-state index contributed by atoms with van der Waals surface area (Å²) in [7, 11) is 3.56. The van der Waals surface area contributed by atoms with Gasteiger partial charge >= 0.3 is 0 Å². The Kier molecular flexibility index (Phi) is 27.8. The summed E-state index contributed by atoms with van der Waals surface area (Å²) in [6, 6.07) is 0. The van der Waals surface area contributed by atoms with Gasteiger partial charge in [0.2, 0.25) is 0 Å². The molecule has 2 N–H and O–H groups in total. The van der Waals surface area contributed by atoms with Gasteiger partial charge in [0.05, 0.1) is 0 Å². The topological polar surface area (TPSA) is 29.3 Å². The minimum Gasteiger partial charge on any atom is -0.375 e. The zero-order valence-electron chi connectivity index (χ0n) is 15.8. The van der Waals surface area contributed by atoms with Gasteiger partial charge in [0.15, 0.2) is 0 Å². The van der Waals surface area contributed by atoms with Crippen LogP contribution in [0.2, 0.25) is 0 Å². The maximum atomic E-state index is 4.50. The third-order valence-corrected chi connectivity index (χ3v) is 2.74. The highest BCUT2D eigenvalue weighted by molar-refractivity contribution is 5.40. The fraction of sp³-hybridized carbons (Fsp3) is 0.667. The Morgan fingerprint density at radius 2 is 1.50 bits per heavy atom. The van der Waals surface area contributed by atoms with E-state index in [2.05, 4.69) is 58.5 Å². The second-order valence-electron chi connectivity index (χ2n) is 3.92. The van der Waals surface area contributed by atoms with E-state index in [1.807, 2.05) is 33.8 Å². The molecule has 20 heavy (non-hydrogen) atoms. The van der Waals surface area contributed by atoms with Crippen LogP contribution in [0.5, 0.6) is 0 Å². The fourth-order valence-electron chi connectivity index (χ4n) is 1.21. The van der Waals surface area contributed by atoms with Crippen molar-refractivity contribution >= 4 is 0 Å². The van der Waals surface area contributed by atoms with Gasteiger partial charge < -0.3 is 10.6 Å². The first-order chi connectivity index (χ1) is 9.45. The molecule has 0 aromatic carbocycles. The molecule has 0 fully saturated rings. The summed E-state index contributed by atoms with van der Waals surface area (Å²) in [6.45, 7) is 25.6. The zero-order valence-corrected chi connectivity index (χ0v) is 15.8. The predicted molar refractivity (Wildman–Crippen MR) is 98.0 cm³/mol. The standard InChI is InChI=1S/C13H23N.2C2H6.CH5N/c1-8-13(11(5)10(3)4)12(6)14(7)9-2;3*1-2/h8,10H,1,6,9H2,2-5,7H3;2*1-2H3;2H2,1H3/b13-11-;;;. The molecule has 2 nitrogen and oxygen atoms in total. The van der Waals surface area contributed by atoms with Crippen molar-refractivity contribution in [3.63, 3.8) is 0 Å². The lowest BCUT2D eigenvalue weighted by Gasteiger charge is -2.23. The second-order valence-corrected chi connectivity index (χ2v) is 3.92. The molecule has 0 aromatic heterocycles. The molecule has 0 unspecified atom stereocenters. The van der Waals surface area contributed by atoms with Gasteiger partial charge in [-0.25, -0.2) is 0 Å². The first-order valence-corrected chi connectivity index (χ1v) is 7.77. The van der Waals surface area contributed by atoms with E-state index in [1.54, 1.807) is 0 Å². The van der Waals surface area contributed by atoms with E-state index < -0.39 is 0 Å². The molecule has 0 spiro atoms. The summed E-state index contributed by atoms with van der Waals surface area (Å²) in [6.07, 6.45) is 1.91. The number of hydrogen-bond donors (Lipinski definition) is 1. The van der Waals surface area contributed by atoms with Crippen molar-refractivity contribution in [2.24, 2.45) is 11.7 Å². The average Bonchev–Trinajstić information content (AvgIpc) is 2.52. The molecule has 0 heterocycles. The minimum absolute atomic E-state index is 0.546. The van der Waals surface area contributed by atoms with Crippen molar-refractivity contribution in [3.8, 4) is 0 Å². The molecule has 0 aliphatic heterocycles. The van der Waals surface area contributed by atoms with Gasteiger partial charge in [-0.15, -0.1) is 0 Å². The van der Waals surface area contributed by atoms with Crippen molar-refractivity contribution in [2.75, 3.05) is 20.6 Å². The van der Waals surface area contributed by atoms with Crippen LogP contribution >= 0.6 is 0 Å². The Morgan fingerprint density at radius 1 is 1.15 bits per heavy atom. The number of rotatable bonds is 5. The molecular weight excluding hydrogens is 244 g/mol. The van der Waals surface area contributed by atoms with E-state index in [4.69, 9.17) is 0 Å². The zero-order chi connectivity index (χ0) is 17.3. The molecule has 0 aliphatic carbocycles. The minimum atomic E-state index is 0.546. The molecule has 0 amide bonds. The molecule has 2 heteroatoms. The van der Waals surface area contributed by atoms with E-state index >= 15 is 0 Å². The molecule has 0 saturated heterocycles. The van der Waals surface area contributed by atoms with E-state index in [0.717, 1.165) is 12.2 Å². The van der Waals surface area contributed by atoms with Gasteiger partial charge in [-0.05, 0) is 32.4 Å². The summed E-state index contributed by atoms with van der Waals surface area (Å²) < 4.78 is 0. The van der Waals surface area contributed by atoms with Crippen LogP contribution in [0.25, 0.3) is 0 Å². The number of hydrogen-bond acceptors (Lipinski definition) is 2. The van der Waals surface area contributed by atoms with Crippen molar-refractivity contribution < 1.29 is 0 Å². The van der Waals surface area contributed by atoms with Crippen molar-refractivity contribution in [2.45, 2.75) is 55.4 Å². The van der Waals surface area contributed by atoms with Gasteiger partial charge in [-0.3, -0.25) is 0 Å². The maximum absolute atomic E-state index is 4.50. The normalized spacial score (nSPS) is 9.60. The molecule has 0 radical (unpaired) electrons. The number of nitrogens with zero attached hydrogens (tertiary/aromatic N) is 1. The van der Waals surface area contributed by atoms with Crippen molar-refractivity contribution in [3.05, 3.63) is 36.1 Å². The fourth-order valence-corrected chi connectivity index (χ4v) is 1.21. The SMILES string of the molecule is C=C/C(C(=C)N(C)CC)=C(\C)C(C)C.CC.CC.CN. The Bertz CT molecular complexity index is 250. The largest absolute Gasteiger partial charge is 0.375 e. The van der Waals surface area contributed by atoms with Crippen LogP contribution in [-0.2, 0) is 0 Å². The maximum Gasteiger partial charge on any atom is 0.0363 e. The monoisotopic (exact) mass is 284 g/mol. The molecule has 0 aliphatic rings. The van der Waals surface area contributed by atoms with Crippen LogP contribution in [0.15, 0.2) is 36.1 Å². The summed E-state index contributed by atoms with van der Waals surface area (Å²) in [4.78, 5) is 2.14. The Hall–Kier alpha value is -1.02. The van der Waals surface area contributed by atoms with Crippen LogP contribution in [0.1, 0.15) is 55.4 Å². The average molecular weight is 285 g/mol. The second kappa shape index (κ2) is 20.3. The lowest BCUT2D eigenvalue weighted by Crippen LogP contribution is -2.18. The molecule has 0 aromatic rings. The summed E-state index contributed by atoms with van der Waals surface area (Å²) >= 11 is 0. The highest BCUT2D eigenvalue weighted by atomic mass is 15.1. The summed E-state index contributed by atoms with van der Waals surface area (Å²) in [5.41, 5.74) is 8.10. The first kappa shape index (κ1) is 27.3. The van der Waals surface area contributed by atoms with E-state index in [1.165, 1.54) is 18.2 Å². The third-order valence-electron chi connectivity index (χ3n) is 2.74. The predicted octanol–water partition coefficient (Wildman–Crippen LogP) is 5.24. The quantitative estimate of drug-likeness (QED) is 0.700.